The lowest BCUT2D eigenvalue weighted by Gasteiger charge is -2.11. The molecule has 0 aliphatic heterocycles. The van der Waals surface area contributed by atoms with Gasteiger partial charge in [0.05, 0.1) is 5.52 Å². The first-order chi connectivity index (χ1) is 15.5. The number of hydrogen-bond donors (Lipinski definition) is 4. The Morgan fingerprint density at radius 3 is 2.44 bits per heavy atom. The van der Waals surface area contributed by atoms with Gasteiger partial charge in [-0.15, -0.1) is 0 Å². The number of fused-ring (bicyclic) bond motifs is 1. The molecule has 0 saturated carbocycles. The fraction of sp³-hybridized carbons (Fsp3) is 0.333. The van der Waals surface area contributed by atoms with Gasteiger partial charge in [-0.2, -0.15) is 0 Å². The summed E-state index contributed by atoms with van der Waals surface area (Å²) < 4.78 is 0. The monoisotopic (exact) mass is 435 g/mol. The maximum Gasteiger partial charge on any atom is 0.251 e. The predicted octanol–water partition coefficient (Wildman–Crippen LogP) is 4.18. The molecule has 0 aliphatic rings. The van der Waals surface area contributed by atoms with Gasteiger partial charge < -0.3 is 10.6 Å². The number of rotatable bonds is 10. The highest BCUT2D eigenvalue weighted by atomic mass is 16.5. The van der Waals surface area contributed by atoms with Crippen molar-refractivity contribution in [3.8, 4) is 0 Å². The Morgan fingerprint density at radius 1 is 0.938 bits per heavy atom. The molecule has 0 saturated heterocycles. The first-order valence-electron chi connectivity index (χ1n) is 10.8. The molecule has 3 aromatic rings. The number of nitrogens with one attached hydrogen (secondary N) is 3. The molecule has 0 unspecified atom stereocenters. The number of aromatic nitrogens is 2. The molecule has 3 rings (SSSR count). The van der Waals surface area contributed by atoms with Crippen LogP contribution >= 0.6 is 0 Å². The highest BCUT2D eigenvalue weighted by Crippen LogP contribution is 2.25. The molecule has 168 valence electrons. The minimum absolute atomic E-state index is 0.144. The molecule has 0 spiro atoms. The van der Waals surface area contributed by atoms with Crippen LogP contribution in [0.2, 0.25) is 0 Å². The van der Waals surface area contributed by atoms with E-state index in [1.807, 2.05) is 6.07 Å². The van der Waals surface area contributed by atoms with Crippen molar-refractivity contribution in [2.24, 2.45) is 0 Å². The van der Waals surface area contributed by atoms with E-state index in [1.165, 1.54) is 17.5 Å². The SMILES string of the molecule is Cc1cc(C)cc(Nc2ncnc3cc(C(=O)NCCCCCCC(=O)NO)ccc23)c1. The van der Waals surface area contributed by atoms with Crippen LogP contribution in [-0.4, -0.2) is 33.5 Å². The van der Waals surface area contributed by atoms with Gasteiger partial charge in [0.25, 0.3) is 5.91 Å². The third-order valence-corrected chi connectivity index (χ3v) is 5.12. The largest absolute Gasteiger partial charge is 0.352 e. The predicted molar refractivity (Wildman–Crippen MR) is 124 cm³/mol. The number of anilines is 2. The average Bonchev–Trinajstić information content (AvgIpc) is 2.77. The first-order valence-corrected chi connectivity index (χ1v) is 10.8. The van der Waals surface area contributed by atoms with Gasteiger partial charge in [0.1, 0.15) is 12.1 Å². The average molecular weight is 436 g/mol. The van der Waals surface area contributed by atoms with E-state index in [-0.39, 0.29) is 11.8 Å². The number of unbranched alkanes of at least 4 members (excludes halogenated alkanes) is 3. The Bertz CT molecular complexity index is 1080. The third-order valence-electron chi connectivity index (χ3n) is 5.12. The van der Waals surface area contributed by atoms with Crippen LogP contribution in [0, 0.1) is 13.8 Å². The summed E-state index contributed by atoms with van der Waals surface area (Å²) in [7, 11) is 0. The molecule has 2 aromatic carbocycles. The van der Waals surface area contributed by atoms with Crippen molar-refractivity contribution in [1.29, 1.82) is 0 Å². The summed E-state index contributed by atoms with van der Waals surface area (Å²) >= 11 is 0. The van der Waals surface area contributed by atoms with Crippen molar-refractivity contribution in [1.82, 2.24) is 20.8 Å². The standard InChI is InChI=1S/C24H29N5O3/c1-16-11-17(2)13-19(12-16)28-23-20-9-8-18(14-21(20)26-15-27-23)24(31)25-10-6-4-3-5-7-22(30)29-32/h8-9,11-15,32H,3-7,10H2,1-2H3,(H,25,31)(H,29,30)(H,26,27,28). The van der Waals surface area contributed by atoms with Crippen LogP contribution in [0.3, 0.4) is 0 Å². The number of carbonyl (C=O) groups is 2. The Morgan fingerprint density at radius 2 is 1.69 bits per heavy atom. The molecule has 0 radical (unpaired) electrons. The molecule has 8 nitrogen and oxygen atoms in total. The highest BCUT2D eigenvalue weighted by Gasteiger charge is 2.10. The summed E-state index contributed by atoms with van der Waals surface area (Å²) in [4.78, 5) is 32.2. The fourth-order valence-electron chi connectivity index (χ4n) is 3.61. The van der Waals surface area contributed by atoms with Gasteiger partial charge in [-0.05, 0) is 68.1 Å². The van der Waals surface area contributed by atoms with Crippen LogP contribution < -0.4 is 16.1 Å². The first kappa shape index (κ1) is 23.1. The number of nitrogens with zero attached hydrogens (tertiary/aromatic N) is 2. The third kappa shape index (κ3) is 6.49. The van der Waals surface area contributed by atoms with Crippen molar-refractivity contribution >= 4 is 34.2 Å². The van der Waals surface area contributed by atoms with Crippen molar-refractivity contribution in [3.05, 3.63) is 59.4 Å². The van der Waals surface area contributed by atoms with E-state index < -0.39 is 0 Å². The fourth-order valence-corrected chi connectivity index (χ4v) is 3.61. The summed E-state index contributed by atoms with van der Waals surface area (Å²) in [6, 6.07) is 11.6. The van der Waals surface area contributed by atoms with E-state index in [0.29, 0.717) is 36.3 Å². The van der Waals surface area contributed by atoms with Crippen molar-refractivity contribution in [2.45, 2.75) is 46.0 Å². The van der Waals surface area contributed by atoms with Gasteiger partial charge in [-0.3, -0.25) is 14.8 Å². The number of aryl methyl sites for hydroxylation is 2. The summed E-state index contributed by atoms with van der Waals surface area (Å²) in [5, 5.41) is 15.6. The van der Waals surface area contributed by atoms with Gasteiger partial charge in [0.15, 0.2) is 0 Å². The number of hydrogen-bond acceptors (Lipinski definition) is 6. The molecular formula is C24H29N5O3. The zero-order valence-electron chi connectivity index (χ0n) is 18.4. The van der Waals surface area contributed by atoms with Gasteiger partial charge in [0.2, 0.25) is 5.91 Å². The maximum atomic E-state index is 12.5. The van der Waals surface area contributed by atoms with Crippen molar-refractivity contribution < 1.29 is 14.8 Å². The number of carbonyl (C=O) groups excluding carboxylic acids is 2. The number of benzene rings is 2. The molecule has 0 bridgehead atoms. The zero-order chi connectivity index (χ0) is 22.9. The molecule has 32 heavy (non-hydrogen) atoms. The van der Waals surface area contributed by atoms with E-state index in [0.717, 1.165) is 30.3 Å². The molecule has 8 heteroatoms. The molecule has 1 heterocycles. The summed E-state index contributed by atoms with van der Waals surface area (Å²) in [6.07, 6.45) is 5.10. The lowest BCUT2D eigenvalue weighted by atomic mass is 10.1. The lowest BCUT2D eigenvalue weighted by Crippen LogP contribution is -2.24. The Balaban J connectivity index is 1.57. The second-order valence-electron chi connectivity index (χ2n) is 7.91. The van der Waals surface area contributed by atoms with Gasteiger partial charge in [-0.25, -0.2) is 15.4 Å². The summed E-state index contributed by atoms with van der Waals surface area (Å²) in [5.41, 5.74) is 6.16. The maximum absolute atomic E-state index is 12.5. The van der Waals surface area contributed by atoms with Crippen LogP contribution in [-0.2, 0) is 4.79 Å². The number of hydroxylamine groups is 1. The minimum Gasteiger partial charge on any atom is -0.352 e. The van der Waals surface area contributed by atoms with Crippen LogP contribution in [0.4, 0.5) is 11.5 Å². The van der Waals surface area contributed by atoms with Crippen LogP contribution in [0.15, 0.2) is 42.7 Å². The van der Waals surface area contributed by atoms with Gasteiger partial charge in [0, 0.05) is 29.6 Å². The lowest BCUT2D eigenvalue weighted by molar-refractivity contribution is -0.129. The summed E-state index contributed by atoms with van der Waals surface area (Å²) in [6.45, 7) is 4.67. The van der Waals surface area contributed by atoms with Gasteiger partial charge in [-0.1, -0.05) is 18.9 Å². The second-order valence-corrected chi connectivity index (χ2v) is 7.91. The molecule has 1 aromatic heterocycles. The quantitative estimate of drug-likeness (QED) is 0.216. The minimum atomic E-state index is -0.370. The highest BCUT2D eigenvalue weighted by molar-refractivity contribution is 6.00. The van der Waals surface area contributed by atoms with Crippen molar-refractivity contribution in [2.75, 3.05) is 11.9 Å². The van der Waals surface area contributed by atoms with E-state index in [4.69, 9.17) is 5.21 Å². The number of amides is 2. The van der Waals surface area contributed by atoms with E-state index in [1.54, 1.807) is 17.6 Å². The molecular weight excluding hydrogens is 406 g/mol. The molecule has 2 amide bonds. The topological polar surface area (TPSA) is 116 Å². The van der Waals surface area contributed by atoms with Crippen LogP contribution in [0.25, 0.3) is 10.9 Å². The van der Waals surface area contributed by atoms with Crippen LogP contribution in [0.1, 0.15) is 53.6 Å². The van der Waals surface area contributed by atoms with E-state index in [9.17, 15) is 9.59 Å². The molecule has 0 atom stereocenters. The smallest absolute Gasteiger partial charge is 0.251 e. The summed E-state index contributed by atoms with van der Waals surface area (Å²) in [5.74, 6) is 0.182. The van der Waals surface area contributed by atoms with Crippen LogP contribution in [0.5, 0.6) is 0 Å². The Kier molecular flexibility index (Phi) is 8.10. The Hall–Kier alpha value is -3.52. The van der Waals surface area contributed by atoms with E-state index >= 15 is 0 Å². The molecule has 0 fully saturated rings. The Labute approximate surface area is 187 Å². The second kappa shape index (κ2) is 11.2. The molecule has 4 N–H and O–H groups in total. The van der Waals surface area contributed by atoms with E-state index in [2.05, 4.69) is 52.6 Å². The zero-order valence-corrected chi connectivity index (χ0v) is 18.4. The molecule has 0 aliphatic carbocycles. The van der Waals surface area contributed by atoms with Gasteiger partial charge >= 0.3 is 0 Å². The van der Waals surface area contributed by atoms with Crippen molar-refractivity contribution in [3.63, 3.8) is 0 Å². The normalized spacial score (nSPS) is 10.7.